The molecule has 1 aromatic rings. The van der Waals surface area contributed by atoms with Gasteiger partial charge in [-0.2, -0.15) is 0 Å². The van der Waals surface area contributed by atoms with E-state index in [1.54, 1.807) is 26.1 Å². The number of carbonyl (C=O) groups is 2. The fraction of sp³-hybridized carbons (Fsp3) is 0.385. The third-order valence-electron chi connectivity index (χ3n) is 2.61. The fourth-order valence-corrected chi connectivity index (χ4v) is 2.96. The molecule has 1 rings (SSSR count). The van der Waals surface area contributed by atoms with E-state index in [4.69, 9.17) is 0 Å². The van der Waals surface area contributed by atoms with Crippen molar-refractivity contribution >= 4 is 43.7 Å². The predicted octanol–water partition coefficient (Wildman–Crippen LogP) is 3.09. The van der Waals surface area contributed by atoms with Gasteiger partial charge >= 0.3 is 5.97 Å². The first-order chi connectivity index (χ1) is 8.85. The topological polar surface area (TPSA) is 46.6 Å². The summed E-state index contributed by atoms with van der Waals surface area (Å²) in [5.41, 5.74) is 0.556. The van der Waals surface area contributed by atoms with E-state index in [9.17, 15) is 9.59 Å². The van der Waals surface area contributed by atoms with Crippen LogP contribution in [0, 0.1) is 5.92 Å². The monoisotopic (exact) mass is 391 g/mol. The third-order valence-corrected chi connectivity index (χ3v) is 3.52. The molecule has 0 spiro atoms. The molecule has 0 heterocycles. The molecule has 0 aliphatic carbocycles. The quantitative estimate of drug-likeness (QED) is 0.739. The smallest absolute Gasteiger partial charge is 0.310 e. The lowest BCUT2D eigenvalue weighted by Gasteiger charge is -2.20. The van der Waals surface area contributed by atoms with Crippen LogP contribution in [-0.4, -0.2) is 37.5 Å². The van der Waals surface area contributed by atoms with Gasteiger partial charge in [0.15, 0.2) is 0 Å². The summed E-state index contributed by atoms with van der Waals surface area (Å²) >= 11 is 6.68. The lowest BCUT2D eigenvalue weighted by atomic mass is 10.1. The molecule has 0 N–H and O–H groups in total. The van der Waals surface area contributed by atoms with Crippen molar-refractivity contribution in [2.45, 2.75) is 6.92 Å². The van der Waals surface area contributed by atoms with Gasteiger partial charge in [0.05, 0.1) is 13.0 Å². The second-order valence-electron chi connectivity index (χ2n) is 4.27. The van der Waals surface area contributed by atoms with Crippen LogP contribution in [-0.2, 0) is 9.53 Å². The van der Waals surface area contributed by atoms with Crippen LogP contribution < -0.4 is 0 Å². The van der Waals surface area contributed by atoms with Crippen LogP contribution >= 0.6 is 31.9 Å². The van der Waals surface area contributed by atoms with Crippen molar-refractivity contribution in [1.82, 2.24) is 4.90 Å². The number of rotatable bonds is 4. The van der Waals surface area contributed by atoms with E-state index in [2.05, 4.69) is 36.6 Å². The number of esters is 1. The number of hydrogen-bond donors (Lipinski definition) is 0. The van der Waals surface area contributed by atoms with E-state index >= 15 is 0 Å². The van der Waals surface area contributed by atoms with Crippen LogP contribution in [0.15, 0.2) is 27.1 Å². The van der Waals surface area contributed by atoms with E-state index in [1.807, 2.05) is 6.07 Å². The summed E-state index contributed by atoms with van der Waals surface area (Å²) in [5, 5.41) is 0. The zero-order valence-electron chi connectivity index (χ0n) is 10.9. The Kier molecular flexibility index (Phi) is 6.00. The summed E-state index contributed by atoms with van der Waals surface area (Å²) < 4.78 is 6.28. The summed E-state index contributed by atoms with van der Waals surface area (Å²) in [6.45, 7) is 2.04. The maximum Gasteiger partial charge on any atom is 0.310 e. The van der Waals surface area contributed by atoms with Crippen LogP contribution in [0.3, 0.4) is 0 Å². The lowest BCUT2D eigenvalue weighted by molar-refractivity contribution is -0.145. The van der Waals surface area contributed by atoms with E-state index in [1.165, 1.54) is 12.0 Å². The standard InChI is InChI=1S/C13H15Br2NO3/c1-8(13(18)19-3)7-16(2)12(17)9-4-10(14)6-11(15)5-9/h4-6,8H,7H2,1-3H3. The fourth-order valence-electron chi connectivity index (χ4n) is 1.67. The third kappa shape index (κ3) is 4.62. The number of halogens is 2. The Bertz CT molecular complexity index is 471. The van der Waals surface area contributed by atoms with Gasteiger partial charge in [0, 0.05) is 28.1 Å². The number of benzene rings is 1. The van der Waals surface area contributed by atoms with Gasteiger partial charge in [0.2, 0.25) is 0 Å². The number of amides is 1. The van der Waals surface area contributed by atoms with Gasteiger partial charge in [0.1, 0.15) is 0 Å². The van der Waals surface area contributed by atoms with Crippen molar-refractivity contribution in [3.63, 3.8) is 0 Å². The molecule has 0 saturated carbocycles. The van der Waals surface area contributed by atoms with E-state index in [0.717, 1.165) is 8.95 Å². The predicted molar refractivity (Wildman–Crippen MR) is 80.0 cm³/mol. The van der Waals surface area contributed by atoms with Gasteiger partial charge in [-0.15, -0.1) is 0 Å². The molecule has 0 aliphatic heterocycles. The van der Waals surface area contributed by atoms with Gasteiger partial charge in [0.25, 0.3) is 5.91 Å². The zero-order chi connectivity index (χ0) is 14.6. The van der Waals surface area contributed by atoms with Crippen molar-refractivity contribution in [2.75, 3.05) is 20.7 Å². The summed E-state index contributed by atoms with van der Waals surface area (Å²) in [7, 11) is 3.00. The first kappa shape index (κ1) is 16.2. The van der Waals surface area contributed by atoms with Crippen LogP contribution in [0.2, 0.25) is 0 Å². The maximum absolute atomic E-state index is 12.2. The minimum absolute atomic E-state index is 0.141. The highest BCUT2D eigenvalue weighted by atomic mass is 79.9. The molecule has 19 heavy (non-hydrogen) atoms. The van der Waals surface area contributed by atoms with Gasteiger partial charge in [-0.1, -0.05) is 38.8 Å². The highest BCUT2D eigenvalue weighted by Gasteiger charge is 2.20. The second kappa shape index (κ2) is 7.05. The second-order valence-corrected chi connectivity index (χ2v) is 6.10. The molecule has 1 aromatic carbocycles. The summed E-state index contributed by atoms with van der Waals surface area (Å²) in [6, 6.07) is 5.34. The van der Waals surface area contributed by atoms with Gasteiger partial charge in [-0.3, -0.25) is 9.59 Å². The average molecular weight is 393 g/mol. The maximum atomic E-state index is 12.2. The Morgan fingerprint density at radius 3 is 2.26 bits per heavy atom. The molecule has 4 nitrogen and oxygen atoms in total. The Morgan fingerprint density at radius 1 is 1.26 bits per heavy atom. The normalized spacial score (nSPS) is 11.8. The largest absolute Gasteiger partial charge is 0.469 e. The molecule has 0 radical (unpaired) electrons. The Morgan fingerprint density at radius 2 is 1.79 bits per heavy atom. The van der Waals surface area contributed by atoms with E-state index < -0.39 is 0 Å². The Hall–Kier alpha value is -0.880. The highest BCUT2D eigenvalue weighted by Crippen LogP contribution is 2.21. The molecule has 1 unspecified atom stereocenters. The van der Waals surface area contributed by atoms with Crippen molar-refractivity contribution in [1.29, 1.82) is 0 Å². The molecule has 0 aromatic heterocycles. The van der Waals surface area contributed by atoms with E-state index in [0.29, 0.717) is 12.1 Å². The van der Waals surface area contributed by atoms with E-state index in [-0.39, 0.29) is 17.8 Å². The first-order valence-electron chi connectivity index (χ1n) is 5.64. The minimum atomic E-state index is -0.352. The molecular weight excluding hydrogens is 378 g/mol. The summed E-state index contributed by atoms with van der Waals surface area (Å²) in [4.78, 5) is 25.1. The summed E-state index contributed by atoms with van der Waals surface area (Å²) in [6.07, 6.45) is 0. The molecule has 0 aliphatic rings. The Balaban J connectivity index is 2.79. The van der Waals surface area contributed by atoms with Crippen molar-refractivity contribution in [3.05, 3.63) is 32.7 Å². The van der Waals surface area contributed by atoms with Crippen molar-refractivity contribution in [2.24, 2.45) is 5.92 Å². The first-order valence-corrected chi connectivity index (χ1v) is 7.23. The zero-order valence-corrected chi connectivity index (χ0v) is 14.1. The van der Waals surface area contributed by atoms with Crippen LogP contribution in [0.5, 0.6) is 0 Å². The van der Waals surface area contributed by atoms with Crippen LogP contribution in [0.1, 0.15) is 17.3 Å². The Labute approximate surface area is 129 Å². The molecule has 104 valence electrons. The molecule has 0 fully saturated rings. The lowest BCUT2D eigenvalue weighted by Crippen LogP contribution is -2.34. The van der Waals surface area contributed by atoms with Gasteiger partial charge in [-0.05, 0) is 18.2 Å². The van der Waals surface area contributed by atoms with Gasteiger partial charge in [-0.25, -0.2) is 0 Å². The van der Waals surface area contributed by atoms with Crippen LogP contribution in [0.25, 0.3) is 0 Å². The number of carbonyl (C=O) groups excluding carboxylic acids is 2. The van der Waals surface area contributed by atoms with Gasteiger partial charge < -0.3 is 9.64 Å². The molecule has 0 saturated heterocycles. The number of methoxy groups -OCH3 is 1. The SMILES string of the molecule is COC(=O)C(C)CN(C)C(=O)c1cc(Br)cc(Br)c1. The number of ether oxygens (including phenoxy) is 1. The molecule has 6 heteroatoms. The summed E-state index contributed by atoms with van der Waals surface area (Å²) in [5.74, 6) is -0.817. The molecular formula is C13H15Br2NO3. The average Bonchev–Trinajstić information content (AvgIpc) is 2.35. The molecule has 1 amide bonds. The molecule has 0 bridgehead atoms. The number of nitrogens with zero attached hydrogens (tertiary/aromatic N) is 1. The number of hydrogen-bond acceptors (Lipinski definition) is 3. The highest BCUT2D eigenvalue weighted by molar-refractivity contribution is 9.11. The van der Waals surface area contributed by atoms with Crippen LogP contribution in [0.4, 0.5) is 0 Å². The van der Waals surface area contributed by atoms with Crippen molar-refractivity contribution < 1.29 is 14.3 Å². The van der Waals surface area contributed by atoms with Crippen molar-refractivity contribution in [3.8, 4) is 0 Å². The minimum Gasteiger partial charge on any atom is -0.469 e. The molecule has 1 atom stereocenters.